The Morgan fingerprint density at radius 3 is 2.38 bits per heavy atom. The van der Waals surface area contributed by atoms with Crippen LogP contribution in [0.15, 0.2) is 48.5 Å². The van der Waals surface area contributed by atoms with E-state index in [2.05, 4.69) is 31.3 Å². The van der Waals surface area contributed by atoms with Crippen LogP contribution in [0.25, 0.3) is 0 Å². The highest BCUT2D eigenvalue weighted by molar-refractivity contribution is 5.37. The molecule has 2 aromatic rings. The third kappa shape index (κ3) is 4.50. The van der Waals surface area contributed by atoms with Gasteiger partial charge in [-0.1, -0.05) is 19.1 Å². The molecule has 1 N–H and O–H groups in total. The summed E-state index contributed by atoms with van der Waals surface area (Å²) in [5, 5.41) is 3.23. The van der Waals surface area contributed by atoms with E-state index in [0.717, 1.165) is 30.3 Å². The molecule has 3 heteroatoms. The average molecular weight is 285 g/mol. The Balaban J connectivity index is 2.04. The lowest BCUT2D eigenvalue weighted by molar-refractivity contribution is 0.317. The van der Waals surface area contributed by atoms with Gasteiger partial charge < -0.3 is 14.8 Å². The van der Waals surface area contributed by atoms with E-state index in [4.69, 9.17) is 9.47 Å². The Bertz CT molecular complexity index is 551. The number of hydrogen-bond acceptors (Lipinski definition) is 3. The van der Waals surface area contributed by atoms with Gasteiger partial charge in [0.15, 0.2) is 0 Å². The zero-order valence-corrected chi connectivity index (χ0v) is 12.9. The van der Waals surface area contributed by atoms with E-state index >= 15 is 0 Å². The first-order valence-electron chi connectivity index (χ1n) is 7.41. The smallest absolute Gasteiger partial charge is 0.127 e. The molecule has 1 unspecified atom stereocenters. The molecule has 21 heavy (non-hydrogen) atoms. The lowest BCUT2D eigenvalue weighted by Crippen LogP contribution is -2.11. The zero-order valence-electron chi connectivity index (χ0n) is 12.9. The fourth-order valence-corrected chi connectivity index (χ4v) is 1.97. The molecule has 0 saturated heterocycles. The summed E-state index contributed by atoms with van der Waals surface area (Å²) < 4.78 is 11.5. The van der Waals surface area contributed by atoms with Crippen LogP contribution in [0.5, 0.6) is 17.2 Å². The number of ether oxygens (including phenoxy) is 2. The summed E-state index contributed by atoms with van der Waals surface area (Å²) in [6.07, 6.45) is 1.01. The Hall–Kier alpha value is -2.00. The quantitative estimate of drug-likeness (QED) is 0.809. The van der Waals surface area contributed by atoms with Gasteiger partial charge in [-0.3, -0.25) is 0 Å². The van der Waals surface area contributed by atoms with Crippen molar-refractivity contribution in [2.75, 3.05) is 13.7 Å². The molecule has 2 rings (SSSR count). The molecule has 0 aliphatic rings. The van der Waals surface area contributed by atoms with E-state index in [1.165, 1.54) is 5.56 Å². The minimum absolute atomic E-state index is 0.304. The highest BCUT2D eigenvalue weighted by Crippen LogP contribution is 2.26. The Morgan fingerprint density at radius 1 is 1.00 bits per heavy atom. The van der Waals surface area contributed by atoms with Crippen molar-refractivity contribution in [2.45, 2.75) is 26.3 Å². The van der Waals surface area contributed by atoms with E-state index in [0.29, 0.717) is 6.04 Å². The molecule has 0 aromatic heterocycles. The van der Waals surface area contributed by atoms with Gasteiger partial charge in [-0.15, -0.1) is 0 Å². The Morgan fingerprint density at radius 2 is 1.71 bits per heavy atom. The molecule has 1 atom stereocenters. The molecule has 112 valence electrons. The minimum Gasteiger partial charge on any atom is -0.494 e. The summed E-state index contributed by atoms with van der Waals surface area (Å²) in [5.74, 6) is 2.53. The fraction of sp³-hybridized carbons (Fsp3) is 0.333. The van der Waals surface area contributed by atoms with Gasteiger partial charge in [0.25, 0.3) is 0 Å². The van der Waals surface area contributed by atoms with Gasteiger partial charge in [-0.05, 0) is 62.4 Å². The topological polar surface area (TPSA) is 30.5 Å². The maximum absolute atomic E-state index is 5.89. The molecular weight excluding hydrogens is 262 g/mol. The molecule has 0 amide bonds. The first-order chi connectivity index (χ1) is 10.2. The van der Waals surface area contributed by atoms with Crippen molar-refractivity contribution in [2.24, 2.45) is 0 Å². The van der Waals surface area contributed by atoms with E-state index in [-0.39, 0.29) is 0 Å². The number of nitrogens with one attached hydrogen (secondary N) is 1. The molecule has 0 spiro atoms. The SMILES string of the molecule is CCCOc1ccc(Oc2cccc(C(C)NC)c2)cc1. The standard InChI is InChI=1S/C18H23NO2/c1-4-12-20-16-8-10-17(11-9-16)21-18-7-5-6-15(13-18)14(2)19-3/h5-11,13-14,19H,4,12H2,1-3H3. The predicted octanol–water partition coefficient (Wildman–Crippen LogP) is 4.55. The largest absolute Gasteiger partial charge is 0.494 e. The van der Waals surface area contributed by atoms with Gasteiger partial charge in [0.1, 0.15) is 17.2 Å². The van der Waals surface area contributed by atoms with Crippen LogP contribution < -0.4 is 14.8 Å². The molecule has 0 saturated carbocycles. The van der Waals surface area contributed by atoms with Crippen LogP contribution in [0.2, 0.25) is 0 Å². The first kappa shape index (κ1) is 15.4. The summed E-state index contributed by atoms with van der Waals surface area (Å²) in [7, 11) is 1.95. The van der Waals surface area contributed by atoms with Crippen molar-refractivity contribution >= 4 is 0 Å². The summed E-state index contributed by atoms with van der Waals surface area (Å²) in [6, 6.07) is 16.2. The molecule has 3 nitrogen and oxygen atoms in total. The fourth-order valence-electron chi connectivity index (χ4n) is 1.97. The molecular formula is C18H23NO2. The third-order valence-corrected chi connectivity index (χ3v) is 3.32. The summed E-state index contributed by atoms with van der Waals surface area (Å²) >= 11 is 0. The molecule has 2 aromatic carbocycles. The van der Waals surface area contributed by atoms with Crippen molar-refractivity contribution in [1.82, 2.24) is 5.32 Å². The van der Waals surface area contributed by atoms with Gasteiger partial charge in [0, 0.05) is 6.04 Å². The second-order valence-corrected chi connectivity index (χ2v) is 5.00. The van der Waals surface area contributed by atoms with Crippen LogP contribution in [0.4, 0.5) is 0 Å². The number of rotatable bonds is 7. The average Bonchev–Trinajstić information content (AvgIpc) is 2.53. The highest BCUT2D eigenvalue weighted by atomic mass is 16.5. The van der Waals surface area contributed by atoms with Gasteiger partial charge in [-0.25, -0.2) is 0 Å². The predicted molar refractivity (Wildman–Crippen MR) is 86.2 cm³/mol. The Labute approximate surface area is 126 Å². The normalized spacial score (nSPS) is 12.0. The lowest BCUT2D eigenvalue weighted by Gasteiger charge is -2.13. The van der Waals surface area contributed by atoms with Crippen LogP contribution in [-0.2, 0) is 0 Å². The van der Waals surface area contributed by atoms with E-state index in [1.54, 1.807) is 0 Å². The van der Waals surface area contributed by atoms with Crippen molar-refractivity contribution in [3.05, 3.63) is 54.1 Å². The molecule has 0 bridgehead atoms. The van der Waals surface area contributed by atoms with Gasteiger partial charge >= 0.3 is 0 Å². The Kier molecular flexibility index (Phi) is 5.64. The van der Waals surface area contributed by atoms with E-state index < -0.39 is 0 Å². The van der Waals surface area contributed by atoms with Crippen LogP contribution in [-0.4, -0.2) is 13.7 Å². The van der Waals surface area contributed by atoms with Crippen molar-refractivity contribution in [1.29, 1.82) is 0 Å². The molecule has 0 fully saturated rings. The highest BCUT2D eigenvalue weighted by Gasteiger charge is 2.04. The minimum atomic E-state index is 0.304. The molecule has 0 radical (unpaired) electrons. The summed E-state index contributed by atoms with van der Waals surface area (Å²) in [4.78, 5) is 0. The van der Waals surface area contributed by atoms with E-state index in [9.17, 15) is 0 Å². The maximum atomic E-state index is 5.89. The van der Waals surface area contributed by atoms with Crippen LogP contribution in [0.1, 0.15) is 31.9 Å². The third-order valence-electron chi connectivity index (χ3n) is 3.32. The molecule has 0 aliphatic carbocycles. The molecule has 0 heterocycles. The summed E-state index contributed by atoms with van der Waals surface area (Å²) in [6.45, 7) is 4.96. The second kappa shape index (κ2) is 7.70. The molecule has 0 aliphatic heterocycles. The number of benzene rings is 2. The maximum Gasteiger partial charge on any atom is 0.127 e. The van der Waals surface area contributed by atoms with E-state index in [1.807, 2.05) is 43.4 Å². The zero-order chi connectivity index (χ0) is 15.1. The van der Waals surface area contributed by atoms with Crippen LogP contribution >= 0.6 is 0 Å². The van der Waals surface area contributed by atoms with Crippen molar-refractivity contribution in [3.8, 4) is 17.2 Å². The van der Waals surface area contributed by atoms with Gasteiger partial charge in [-0.2, -0.15) is 0 Å². The van der Waals surface area contributed by atoms with Gasteiger partial charge in [0.05, 0.1) is 6.61 Å². The second-order valence-electron chi connectivity index (χ2n) is 5.00. The van der Waals surface area contributed by atoms with Gasteiger partial charge in [0.2, 0.25) is 0 Å². The monoisotopic (exact) mass is 285 g/mol. The van der Waals surface area contributed by atoms with Crippen molar-refractivity contribution in [3.63, 3.8) is 0 Å². The van der Waals surface area contributed by atoms with Crippen molar-refractivity contribution < 1.29 is 9.47 Å². The van der Waals surface area contributed by atoms with Crippen LogP contribution in [0.3, 0.4) is 0 Å². The number of hydrogen-bond donors (Lipinski definition) is 1. The lowest BCUT2D eigenvalue weighted by atomic mass is 10.1. The first-order valence-corrected chi connectivity index (χ1v) is 7.41. The van der Waals surface area contributed by atoms with Crippen LogP contribution in [0, 0.1) is 0 Å². The summed E-state index contributed by atoms with van der Waals surface area (Å²) in [5.41, 5.74) is 1.21.